The van der Waals surface area contributed by atoms with Crippen LogP contribution in [0.25, 0.3) is 0 Å². The van der Waals surface area contributed by atoms with Crippen molar-refractivity contribution in [3.63, 3.8) is 0 Å². The minimum Gasteiger partial charge on any atom is -0.485 e. The number of aromatic amines is 1. The predicted octanol–water partition coefficient (Wildman–Crippen LogP) is 1.18. The lowest BCUT2D eigenvalue weighted by Crippen LogP contribution is -2.42. The molecule has 1 aliphatic carbocycles. The Hall–Kier alpha value is -2.31. The van der Waals surface area contributed by atoms with E-state index in [1.165, 1.54) is 0 Å². The molecule has 2 heterocycles. The van der Waals surface area contributed by atoms with E-state index in [2.05, 4.69) is 20.6 Å². The van der Waals surface area contributed by atoms with Crippen LogP contribution in [-0.2, 0) is 7.05 Å². The molecule has 0 saturated heterocycles. The summed E-state index contributed by atoms with van der Waals surface area (Å²) in [5, 5.41) is 13.8. The highest BCUT2D eigenvalue weighted by atomic mass is 16.5. The van der Waals surface area contributed by atoms with Crippen molar-refractivity contribution in [1.29, 1.82) is 0 Å². The number of hydrogen-bond acceptors (Lipinski definition) is 4. The lowest BCUT2D eigenvalue weighted by molar-refractivity contribution is 0.0888. The van der Waals surface area contributed by atoms with Crippen LogP contribution >= 0.6 is 0 Å². The maximum atomic E-state index is 12.3. The highest BCUT2D eigenvalue weighted by Gasteiger charge is 2.31. The Balaban J connectivity index is 1.64. The van der Waals surface area contributed by atoms with Crippen LogP contribution in [0.15, 0.2) is 18.5 Å². The summed E-state index contributed by atoms with van der Waals surface area (Å²) in [6.45, 7) is 1.92. The molecule has 0 aliphatic heterocycles. The van der Waals surface area contributed by atoms with E-state index >= 15 is 0 Å². The van der Waals surface area contributed by atoms with E-state index in [-0.39, 0.29) is 18.1 Å². The van der Waals surface area contributed by atoms with E-state index in [1.54, 1.807) is 23.1 Å². The molecule has 2 atom stereocenters. The summed E-state index contributed by atoms with van der Waals surface area (Å²) in [6, 6.07) is 1.80. The molecule has 1 amide bonds. The smallest absolute Gasteiger partial charge is 0.272 e. The zero-order chi connectivity index (χ0) is 14.8. The number of aromatic nitrogens is 4. The summed E-state index contributed by atoms with van der Waals surface area (Å²) in [7, 11) is 1.83. The van der Waals surface area contributed by atoms with Crippen LogP contribution in [-0.4, -0.2) is 38.0 Å². The van der Waals surface area contributed by atoms with Crippen LogP contribution in [0.3, 0.4) is 0 Å². The molecule has 2 aromatic heterocycles. The van der Waals surface area contributed by atoms with Crippen LogP contribution in [0.4, 0.5) is 0 Å². The summed E-state index contributed by atoms with van der Waals surface area (Å²) in [5.41, 5.74) is 1.40. The van der Waals surface area contributed by atoms with Gasteiger partial charge in [0.15, 0.2) is 5.75 Å². The number of nitrogens with one attached hydrogen (secondary N) is 2. The zero-order valence-electron chi connectivity index (χ0n) is 12.2. The Morgan fingerprint density at radius 1 is 1.52 bits per heavy atom. The van der Waals surface area contributed by atoms with Crippen LogP contribution < -0.4 is 10.1 Å². The quantitative estimate of drug-likeness (QED) is 0.885. The van der Waals surface area contributed by atoms with Gasteiger partial charge in [0.05, 0.1) is 18.4 Å². The van der Waals surface area contributed by atoms with Gasteiger partial charge in [-0.1, -0.05) is 0 Å². The fraction of sp³-hybridized carbons (Fsp3) is 0.500. The summed E-state index contributed by atoms with van der Waals surface area (Å²) >= 11 is 0. The second-order valence-corrected chi connectivity index (χ2v) is 5.40. The van der Waals surface area contributed by atoms with Gasteiger partial charge in [0, 0.05) is 12.7 Å². The second kappa shape index (κ2) is 5.59. The minimum atomic E-state index is -0.147. The Morgan fingerprint density at radius 2 is 2.38 bits per heavy atom. The average Bonchev–Trinajstić information content (AvgIpc) is 3.16. The second-order valence-electron chi connectivity index (χ2n) is 5.40. The van der Waals surface area contributed by atoms with Gasteiger partial charge in [-0.2, -0.15) is 10.2 Å². The van der Waals surface area contributed by atoms with Gasteiger partial charge in [-0.25, -0.2) is 0 Å². The fourth-order valence-electron chi connectivity index (χ4n) is 2.62. The molecule has 2 N–H and O–H groups in total. The number of nitrogens with zero attached hydrogens (tertiary/aromatic N) is 3. The molecule has 0 spiro atoms. The number of aryl methyl sites for hydroxylation is 2. The molecule has 21 heavy (non-hydrogen) atoms. The van der Waals surface area contributed by atoms with E-state index in [0.29, 0.717) is 11.4 Å². The highest BCUT2D eigenvalue weighted by Crippen LogP contribution is 2.24. The van der Waals surface area contributed by atoms with E-state index in [4.69, 9.17) is 4.74 Å². The Bertz CT molecular complexity index is 600. The lowest BCUT2D eigenvalue weighted by Gasteiger charge is -2.21. The number of amides is 1. The molecule has 1 saturated carbocycles. The van der Waals surface area contributed by atoms with Crippen molar-refractivity contribution in [3.8, 4) is 5.75 Å². The molecule has 7 heteroatoms. The van der Waals surface area contributed by atoms with Gasteiger partial charge in [-0.3, -0.25) is 14.6 Å². The third-order valence-electron chi connectivity index (χ3n) is 3.88. The number of carbonyl (C=O) groups is 1. The van der Waals surface area contributed by atoms with E-state index in [0.717, 1.165) is 25.0 Å². The van der Waals surface area contributed by atoms with Crippen molar-refractivity contribution in [2.24, 2.45) is 7.05 Å². The number of carbonyl (C=O) groups excluding carboxylic acids is 1. The van der Waals surface area contributed by atoms with Crippen molar-refractivity contribution in [3.05, 3.63) is 29.8 Å². The molecule has 7 nitrogen and oxygen atoms in total. The van der Waals surface area contributed by atoms with Crippen molar-refractivity contribution < 1.29 is 9.53 Å². The number of H-pyrrole nitrogens is 1. The first-order valence-electron chi connectivity index (χ1n) is 7.10. The van der Waals surface area contributed by atoms with Crippen molar-refractivity contribution in [2.45, 2.75) is 38.3 Å². The molecule has 0 radical (unpaired) electrons. The van der Waals surface area contributed by atoms with Crippen LogP contribution in [0.2, 0.25) is 0 Å². The van der Waals surface area contributed by atoms with Gasteiger partial charge in [-0.15, -0.1) is 0 Å². The van der Waals surface area contributed by atoms with Crippen molar-refractivity contribution in [2.75, 3.05) is 0 Å². The average molecular weight is 289 g/mol. The van der Waals surface area contributed by atoms with Gasteiger partial charge in [0.2, 0.25) is 0 Å². The first-order chi connectivity index (χ1) is 10.1. The maximum Gasteiger partial charge on any atom is 0.272 e. The van der Waals surface area contributed by atoms with Crippen molar-refractivity contribution >= 4 is 5.91 Å². The normalized spacial score (nSPS) is 21.4. The van der Waals surface area contributed by atoms with Gasteiger partial charge in [0.25, 0.3) is 5.91 Å². The third kappa shape index (κ3) is 2.91. The summed E-state index contributed by atoms with van der Waals surface area (Å²) in [4.78, 5) is 12.3. The van der Waals surface area contributed by atoms with E-state index < -0.39 is 0 Å². The zero-order valence-corrected chi connectivity index (χ0v) is 12.2. The first kappa shape index (κ1) is 13.7. The van der Waals surface area contributed by atoms with Gasteiger partial charge >= 0.3 is 0 Å². The third-order valence-corrected chi connectivity index (χ3v) is 3.88. The number of hydrogen-bond donors (Lipinski definition) is 2. The summed E-state index contributed by atoms with van der Waals surface area (Å²) in [5.74, 6) is 0.557. The molecule has 0 unspecified atom stereocenters. The molecule has 1 fully saturated rings. The summed E-state index contributed by atoms with van der Waals surface area (Å²) < 4.78 is 7.56. The predicted molar refractivity (Wildman–Crippen MR) is 76.1 cm³/mol. The minimum absolute atomic E-state index is 0.00899. The largest absolute Gasteiger partial charge is 0.485 e. The number of rotatable bonds is 4. The lowest BCUT2D eigenvalue weighted by atomic mass is 10.2. The van der Waals surface area contributed by atoms with Crippen LogP contribution in [0, 0.1) is 6.92 Å². The van der Waals surface area contributed by atoms with Gasteiger partial charge in [0.1, 0.15) is 11.8 Å². The highest BCUT2D eigenvalue weighted by molar-refractivity contribution is 5.92. The monoisotopic (exact) mass is 289 g/mol. The molecule has 0 bridgehead atoms. The van der Waals surface area contributed by atoms with Gasteiger partial charge in [-0.05, 0) is 32.3 Å². The Morgan fingerprint density at radius 3 is 3.05 bits per heavy atom. The Kier molecular flexibility index (Phi) is 3.64. The molecule has 3 rings (SSSR count). The van der Waals surface area contributed by atoms with Crippen molar-refractivity contribution in [1.82, 2.24) is 25.3 Å². The van der Waals surface area contributed by atoms with E-state index in [1.807, 2.05) is 14.0 Å². The Labute approximate surface area is 122 Å². The maximum absolute atomic E-state index is 12.3. The molecule has 1 aliphatic rings. The summed E-state index contributed by atoms with van der Waals surface area (Å²) in [6.07, 6.45) is 6.21. The van der Waals surface area contributed by atoms with E-state index in [9.17, 15) is 4.79 Å². The molecular formula is C14H19N5O2. The SMILES string of the molecule is Cc1cc(C(=O)N[C@H]2CCC[C@H]2Oc2cn[nH]c2)nn1C. The van der Waals surface area contributed by atoms with Crippen LogP contribution in [0.1, 0.15) is 35.4 Å². The van der Waals surface area contributed by atoms with Gasteiger partial charge < -0.3 is 10.1 Å². The molecular weight excluding hydrogens is 270 g/mol. The first-order valence-corrected chi connectivity index (χ1v) is 7.10. The van der Waals surface area contributed by atoms with Crippen LogP contribution in [0.5, 0.6) is 5.75 Å². The topological polar surface area (TPSA) is 84.8 Å². The molecule has 112 valence electrons. The molecule has 2 aromatic rings. The molecule has 0 aromatic carbocycles. The standard InChI is InChI=1S/C14H19N5O2/c1-9-6-12(18-19(9)2)14(20)17-11-4-3-5-13(11)21-10-7-15-16-8-10/h6-8,11,13H,3-5H2,1-2H3,(H,15,16)(H,17,20)/t11-,13+/m0/s1. The fourth-order valence-corrected chi connectivity index (χ4v) is 2.62. The number of ether oxygens (including phenoxy) is 1.